The number of nitrogens with zero attached hydrogens (tertiary/aromatic N) is 1. The fourth-order valence-corrected chi connectivity index (χ4v) is 3.58. The molecule has 0 bridgehead atoms. The predicted octanol–water partition coefficient (Wildman–Crippen LogP) is 3.81. The number of hydrogen-bond donors (Lipinski definition) is 2. The molecule has 0 fully saturated rings. The SMILES string of the molecule is N#CCc1ccc(NC(=O)c2ccc(NS(=O)(=O)c3ccccc3)cc2)cc1. The summed E-state index contributed by atoms with van der Waals surface area (Å²) in [5.74, 6) is -0.314. The molecule has 7 heteroatoms. The molecular formula is C21H17N3O3S. The van der Waals surface area contributed by atoms with Crippen LogP contribution in [0.4, 0.5) is 11.4 Å². The molecule has 0 aliphatic rings. The highest BCUT2D eigenvalue weighted by Gasteiger charge is 2.14. The van der Waals surface area contributed by atoms with Crippen molar-refractivity contribution in [1.29, 1.82) is 5.26 Å². The summed E-state index contributed by atoms with van der Waals surface area (Å²) in [4.78, 5) is 12.5. The highest BCUT2D eigenvalue weighted by Crippen LogP contribution is 2.17. The Labute approximate surface area is 163 Å². The van der Waals surface area contributed by atoms with E-state index in [1.165, 1.54) is 24.3 Å². The molecule has 1 amide bonds. The van der Waals surface area contributed by atoms with E-state index in [2.05, 4.69) is 16.1 Å². The van der Waals surface area contributed by atoms with Gasteiger partial charge in [0.25, 0.3) is 15.9 Å². The van der Waals surface area contributed by atoms with Gasteiger partial charge in [0.2, 0.25) is 0 Å². The average molecular weight is 391 g/mol. The number of sulfonamides is 1. The Bertz CT molecular complexity index is 1100. The molecular weight excluding hydrogens is 374 g/mol. The van der Waals surface area contributed by atoms with Gasteiger partial charge >= 0.3 is 0 Å². The van der Waals surface area contributed by atoms with E-state index in [0.29, 0.717) is 23.4 Å². The van der Waals surface area contributed by atoms with E-state index in [4.69, 9.17) is 5.26 Å². The molecule has 0 unspecified atom stereocenters. The van der Waals surface area contributed by atoms with Gasteiger partial charge in [0.15, 0.2) is 0 Å². The Kier molecular flexibility index (Phi) is 5.72. The van der Waals surface area contributed by atoms with Gasteiger partial charge in [-0.2, -0.15) is 5.26 Å². The summed E-state index contributed by atoms with van der Waals surface area (Å²) in [7, 11) is -3.68. The van der Waals surface area contributed by atoms with Crippen LogP contribution in [-0.2, 0) is 16.4 Å². The molecule has 6 nitrogen and oxygen atoms in total. The van der Waals surface area contributed by atoms with Crippen LogP contribution >= 0.6 is 0 Å². The van der Waals surface area contributed by atoms with Crippen molar-refractivity contribution in [2.45, 2.75) is 11.3 Å². The largest absolute Gasteiger partial charge is 0.322 e. The third kappa shape index (κ3) is 4.75. The summed E-state index contributed by atoms with van der Waals surface area (Å²) in [6.45, 7) is 0. The lowest BCUT2D eigenvalue weighted by atomic mass is 10.1. The van der Waals surface area contributed by atoms with Crippen molar-refractivity contribution < 1.29 is 13.2 Å². The lowest BCUT2D eigenvalue weighted by Crippen LogP contribution is -2.14. The number of amides is 1. The van der Waals surface area contributed by atoms with Gasteiger partial charge in [-0.1, -0.05) is 30.3 Å². The Balaban J connectivity index is 1.67. The Morgan fingerprint density at radius 3 is 2.07 bits per heavy atom. The third-order valence-electron chi connectivity index (χ3n) is 3.95. The molecule has 0 spiro atoms. The zero-order chi connectivity index (χ0) is 20.0. The van der Waals surface area contributed by atoms with E-state index in [-0.39, 0.29) is 10.8 Å². The maximum Gasteiger partial charge on any atom is 0.261 e. The normalized spacial score (nSPS) is 10.7. The second-order valence-electron chi connectivity index (χ2n) is 5.98. The van der Waals surface area contributed by atoms with Crippen LogP contribution in [0.3, 0.4) is 0 Å². The maximum absolute atomic E-state index is 12.3. The molecule has 0 radical (unpaired) electrons. The van der Waals surface area contributed by atoms with E-state index in [9.17, 15) is 13.2 Å². The van der Waals surface area contributed by atoms with Gasteiger partial charge in [-0.25, -0.2) is 8.42 Å². The first-order valence-electron chi connectivity index (χ1n) is 8.43. The molecule has 0 atom stereocenters. The van der Waals surface area contributed by atoms with Gasteiger partial charge in [-0.3, -0.25) is 9.52 Å². The van der Waals surface area contributed by atoms with Crippen LogP contribution in [0.25, 0.3) is 0 Å². The summed E-state index contributed by atoms with van der Waals surface area (Å²) in [6.07, 6.45) is 0.314. The number of rotatable bonds is 6. The number of carbonyl (C=O) groups excluding carboxylic acids is 1. The van der Waals surface area contributed by atoms with Crippen molar-refractivity contribution in [2.75, 3.05) is 10.0 Å². The van der Waals surface area contributed by atoms with Gasteiger partial charge in [0.05, 0.1) is 17.4 Å². The van der Waals surface area contributed by atoms with Crippen molar-refractivity contribution in [2.24, 2.45) is 0 Å². The van der Waals surface area contributed by atoms with Crippen LogP contribution in [0, 0.1) is 11.3 Å². The van der Waals surface area contributed by atoms with Gasteiger partial charge in [0.1, 0.15) is 0 Å². The van der Waals surface area contributed by atoms with Crippen LogP contribution in [0.1, 0.15) is 15.9 Å². The Morgan fingerprint density at radius 1 is 0.857 bits per heavy atom. The summed E-state index contributed by atoms with van der Waals surface area (Å²) in [5, 5.41) is 11.4. The zero-order valence-corrected chi connectivity index (χ0v) is 15.6. The molecule has 0 saturated carbocycles. The third-order valence-corrected chi connectivity index (χ3v) is 5.34. The monoisotopic (exact) mass is 391 g/mol. The van der Waals surface area contributed by atoms with Crippen LogP contribution in [0.15, 0.2) is 83.8 Å². The molecule has 0 aliphatic carbocycles. The van der Waals surface area contributed by atoms with E-state index < -0.39 is 10.0 Å². The number of hydrogen-bond acceptors (Lipinski definition) is 4. The van der Waals surface area contributed by atoms with Crippen LogP contribution in [0.5, 0.6) is 0 Å². The van der Waals surface area contributed by atoms with E-state index in [1.54, 1.807) is 54.6 Å². The van der Waals surface area contributed by atoms with Crippen molar-refractivity contribution >= 4 is 27.3 Å². The van der Waals surface area contributed by atoms with Gasteiger partial charge in [0, 0.05) is 16.9 Å². The van der Waals surface area contributed by atoms with Crippen LogP contribution < -0.4 is 10.0 Å². The van der Waals surface area contributed by atoms with Gasteiger partial charge in [-0.15, -0.1) is 0 Å². The first-order chi connectivity index (χ1) is 13.5. The second kappa shape index (κ2) is 8.37. The lowest BCUT2D eigenvalue weighted by Gasteiger charge is -2.09. The number of carbonyl (C=O) groups is 1. The Morgan fingerprint density at radius 2 is 1.46 bits per heavy atom. The lowest BCUT2D eigenvalue weighted by molar-refractivity contribution is 0.102. The fourth-order valence-electron chi connectivity index (χ4n) is 2.50. The minimum atomic E-state index is -3.68. The van der Waals surface area contributed by atoms with E-state index in [1.807, 2.05) is 0 Å². The summed E-state index contributed by atoms with van der Waals surface area (Å²) < 4.78 is 27.1. The first-order valence-corrected chi connectivity index (χ1v) is 9.91. The van der Waals surface area contributed by atoms with Crippen molar-refractivity contribution in [3.05, 3.63) is 90.0 Å². The molecule has 2 N–H and O–H groups in total. The average Bonchev–Trinajstić information content (AvgIpc) is 2.70. The number of nitriles is 1. The topological polar surface area (TPSA) is 99.1 Å². The van der Waals surface area contributed by atoms with Crippen molar-refractivity contribution in [1.82, 2.24) is 0 Å². The van der Waals surface area contributed by atoms with Gasteiger partial charge in [-0.05, 0) is 54.1 Å². The van der Waals surface area contributed by atoms with Crippen molar-refractivity contribution in [3.63, 3.8) is 0 Å². The van der Waals surface area contributed by atoms with Crippen molar-refractivity contribution in [3.8, 4) is 6.07 Å². The van der Waals surface area contributed by atoms with Crippen LogP contribution in [0.2, 0.25) is 0 Å². The minimum Gasteiger partial charge on any atom is -0.322 e. The quantitative estimate of drug-likeness (QED) is 0.667. The number of nitrogens with one attached hydrogen (secondary N) is 2. The highest BCUT2D eigenvalue weighted by molar-refractivity contribution is 7.92. The molecule has 3 aromatic carbocycles. The molecule has 28 heavy (non-hydrogen) atoms. The zero-order valence-electron chi connectivity index (χ0n) is 14.8. The molecule has 3 aromatic rings. The summed E-state index contributed by atoms with van der Waals surface area (Å²) in [5.41, 5.74) is 2.24. The van der Waals surface area contributed by atoms with E-state index in [0.717, 1.165) is 5.56 Å². The van der Waals surface area contributed by atoms with E-state index >= 15 is 0 Å². The van der Waals surface area contributed by atoms with Crippen LogP contribution in [-0.4, -0.2) is 14.3 Å². The number of anilines is 2. The predicted molar refractivity (Wildman–Crippen MR) is 107 cm³/mol. The standard InChI is InChI=1S/C21H17N3O3S/c22-15-14-16-6-10-18(11-7-16)23-21(25)17-8-12-19(13-9-17)24-28(26,27)20-4-2-1-3-5-20/h1-13,24H,14H2,(H,23,25). The summed E-state index contributed by atoms with van der Waals surface area (Å²) >= 11 is 0. The molecule has 0 heterocycles. The summed E-state index contributed by atoms with van der Waals surface area (Å²) in [6, 6.07) is 23.3. The molecule has 140 valence electrons. The first kappa shape index (κ1) is 19.1. The number of benzene rings is 3. The molecule has 0 aliphatic heterocycles. The molecule has 0 saturated heterocycles. The minimum absolute atomic E-state index is 0.164. The fraction of sp³-hybridized carbons (Fsp3) is 0.0476. The maximum atomic E-state index is 12.3. The highest BCUT2D eigenvalue weighted by atomic mass is 32.2. The smallest absolute Gasteiger partial charge is 0.261 e. The van der Waals surface area contributed by atoms with Gasteiger partial charge < -0.3 is 5.32 Å². The second-order valence-corrected chi connectivity index (χ2v) is 7.66. The molecule has 0 aromatic heterocycles. The Hall–Kier alpha value is -3.63. The molecule has 3 rings (SSSR count).